The Morgan fingerprint density at radius 2 is 1.75 bits per heavy atom. The normalized spacial score (nSPS) is 30.3. The van der Waals surface area contributed by atoms with Gasteiger partial charge in [-0.05, 0) is 24.5 Å². The summed E-state index contributed by atoms with van der Waals surface area (Å²) in [6.45, 7) is 1.69. The fraction of sp³-hybridized carbons (Fsp3) is 0.667. The molecule has 0 unspecified atom stereocenters. The average Bonchev–Trinajstić information content (AvgIpc) is 2.60. The van der Waals surface area contributed by atoms with Crippen molar-refractivity contribution in [1.82, 2.24) is 0 Å². The summed E-state index contributed by atoms with van der Waals surface area (Å²) in [4.78, 5) is 0. The van der Waals surface area contributed by atoms with Crippen molar-refractivity contribution in [2.75, 3.05) is 6.61 Å². The van der Waals surface area contributed by atoms with Crippen LogP contribution in [-0.4, -0.2) is 57.7 Å². The van der Waals surface area contributed by atoms with Crippen LogP contribution in [0.2, 0.25) is 0 Å². The predicted octanol–water partition coefficient (Wildman–Crippen LogP) is 0.988. The van der Waals surface area contributed by atoms with Crippen LogP contribution in [0.5, 0.6) is 5.75 Å². The first-order valence-electron chi connectivity index (χ1n) is 8.63. The van der Waals surface area contributed by atoms with Gasteiger partial charge in [0.05, 0.1) is 6.61 Å². The van der Waals surface area contributed by atoms with E-state index < -0.39 is 37.3 Å². The van der Waals surface area contributed by atoms with Gasteiger partial charge in [0.15, 0.2) is 0 Å². The summed E-state index contributed by atoms with van der Waals surface area (Å²) in [6.07, 6.45) is -0.912. The van der Waals surface area contributed by atoms with E-state index in [1.807, 2.05) is 18.2 Å². The zero-order chi connectivity index (χ0) is 17.5. The lowest BCUT2D eigenvalue weighted by atomic mass is 9.99. The van der Waals surface area contributed by atoms with Crippen molar-refractivity contribution < 1.29 is 29.9 Å². The molecular formula is C18H28O6. The lowest BCUT2D eigenvalue weighted by Gasteiger charge is -2.39. The summed E-state index contributed by atoms with van der Waals surface area (Å²) in [6, 6.07) is 7.51. The van der Waals surface area contributed by atoms with Crippen LogP contribution >= 0.6 is 0 Å². The van der Waals surface area contributed by atoms with E-state index in [-0.39, 0.29) is 0 Å². The Balaban J connectivity index is 2.04. The molecule has 6 nitrogen and oxygen atoms in total. The minimum Gasteiger partial charge on any atom is -0.462 e. The summed E-state index contributed by atoms with van der Waals surface area (Å²) >= 11 is 0. The maximum Gasteiger partial charge on any atom is 0.229 e. The van der Waals surface area contributed by atoms with Crippen molar-refractivity contribution in [2.24, 2.45) is 0 Å². The van der Waals surface area contributed by atoms with Gasteiger partial charge in [0.25, 0.3) is 0 Å². The zero-order valence-corrected chi connectivity index (χ0v) is 14.0. The van der Waals surface area contributed by atoms with Gasteiger partial charge in [-0.2, -0.15) is 0 Å². The number of unbranched alkanes of at least 4 members (excludes halogenated alkanes) is 3. The molecule has 0 aromatic heterocycles. The lowest BCUT2D eigenvalue weighted by Crippen LogP contribution is -2.60. The molecule has 4 N–H and O–H groups in total. The van der Waals surface area contributed by atoms with Gasteiger partial charge in [0.2, 0.25) is 6.29 Å². The molecule has 24 heavy (non-hydrogen) atoms. The fourth-order valence-corrected chi connectivity index (χ4v) is 2.86. The van der Waals surface area contributed by atoms with Gasteiger partial charge >= 0.3 is 0 Å². The van der Waals surface area contributed by atoms with E-state index in [2.05, 4.69) is 6.92 Å². The molecular weight excluding hydrogens is 312 g/mol. The monoisotopic (exact) mass is 340 g/mol. The van der Waals surface area contributed by atoms with Gasteiger partial charge in [-0.25, -0.2) is 0 Å². The zero-order valence-electron chi connectivity index (χ0n) is 14.0. The number of aliphatic hydroxyl groups is 4. The highest BCUT2D eigenvalue weighted by Crippen LogP contribution is 2.27. The quantitative estimate of drug-likeness (QED) is 0.527. The minimum absolute atomic E-state index is 0.469. The Bertz CT molecular complexity index is 492. The third kappa shape index (κ3) is 4.68. The molecule has 2 rings (SSSR count). The predicted molar refractivity (Wildman–Crippen MR) is 88.7 cm³/mol. The maximum atomic E-state index is 10.1. The Kier molecular flexibility index (Phi) is 7.45. The number of benzene rings is 1. The third-order valence-electron chi connectivity index (χ3n) is 4.36. The minimum atomic E-state index is -1.43. The van der Waals surface area contributed by atoms with Gasteiger partial charge in [-0.1, -0.05) is 44.4 Å². The molecule has 1 fully saturated rings. The Hall–Kier alpha value is -1.18. The number of aliphatic hydroxyl groups excluding tert-OH is 4. The lowest BCUT2D eigenvalue weighted by molar-refractivity contribution is -0.277. The molecule has 1 aliphatic heterocycles. The van der Waals surface area contributed by atoms with Gasteiger partial charge < -0.3 is 29.9 Å². The molecule has 0 bridgehead atoms. The first kappa shape index (κ1) is 19.1. The molecule has 5 atom stereocenters. The second kappa shape index (κ2) is 9.34. The summed E-state index contributed by atoms with van der Waals surface area (Å²) in [5.41, 5.74) is 1.01. The van der Waals surface area contributed by atoms with Crippen LogP contribution in [0.15, 0.2) is 24.3 Å². The molecule has 1 saturated heterocycles. The first-order valence-corrected chi connectivity index (χ1v) is 8.63. The molecule has 1 aliphatic rings. The Morgan fingerprint density at radius 1 is 1.00 bits per heavy atom. The van der Waals surface area contributed by atoms with Crippen LogP contribution in [0, 0.1) is 0 Å². The van der Waals surface area contributed by atoms with Gasteiger partial charge in [-0.3, -0.25) is 0 Å². The highest BCUT2D eigenvalue weighted by Gasteiger charge is 2.44. The molecule has 136 valence electrons. The van der Waals surface area contributed by atoms with Crippen LogP contribution in [0.4, 0.5) is 0 Å². The summed E-state index contributed by atoms with van der Waals surface area (Å²) in [5, 5.41) is 39.0. The van der Waals surface area contributed by atoms with Crippen molar-refractivity contribution in [3.05, 3.63) is 29.8 Å². The van der Waals surface area contributed by atoms with Crippen molar-refractivity contribution in [3.63, 3.8) is 0 Å². The SMILES string of the molecule is CCCCCCc1ccccc1O[C@@H]1O[C@H](CO)[C@@H](O)[C@H](O)[C@@H]1O. The van der Waals surface area contributed by atoms with E-state index in [4.69, 9.17) is 9.47 Å². The second-order valence-electron chi connectivity index (χ2n) is 6.23. The summed E-state index contributed by atoms with van der Waals surface area (Å²) in [5.74, 6) is 0.582. The van der Waals surface area contributed by atoms with E-state index >= 15 is 0 Å². The van der Waals surface area contributed by atoms with Crippen LogP contribution in [0.1, 0.15) is 38.2 Å². The third-order valence-corrected chi connectivity index (χ3v) is 4.36. The standard InChI is InChI=1S/C18H28O6/c1-2-3-4-5-8-12-9-6-7-10-13(12)23-18-17(22)16(21)15(20)14(11-19)24-18/h6-7,9-10,14-22H,2-5,8,11H2,1H3/t14-,15-,16+,17+,18-/m1/s1. The Labute approximate surface area is 142 Å². The highest BCUT2D eigenvalue weighted by atomic mass is 16.7. The van der Waals surface area contributed by atoms with Crippen LogP contribution < -0.4 is 4.74 Å². The van der Waals surface area contributed by atoms with Crippen molar-refractivity contribution in [1.29, 1.82) is 0 Å². The number of aryl methyl sites for hydroxylation is 1. The number of rotatable bonds is 8. The van der Waals surface area contributed by atoms with Crippen LogP contribution in [0.3, 0.4) is 0 Å². The number of para-hydroxylation sites is 1. The Morgan fingerprint density at radius 3 is 2.46 bits per heavy atom. The number of hydrogen-bond acceptors (Lipinski definition) is 6. The molecule has 0 amide bonds. The molecule has 6 heteroatoms. The second-order valence-corrected chi connectivity index (χ2v) is 6.23. The molecule has 1 aromatic carbocycles. The van der Waals surface area contributed by atoms with Crippen molar-refractivity contribution >= 4 is 0 Å². The largest absolute Gasteiger partial charge is 0.462 e. The van der Waals surface area contributed by atoms with Gasteiger partial charge in [-0.15, -0.1) is 0 Å². The van der Waals surface area contributed by atoms with Gasteiger partial charge in [0, 0.05) is 0 Å². The van der Waals surface area contributed by atoms with Crippen LogP contribution in [-0.2, 0) is 11.2 Å². The topological polar surface area (TPSA) is 99.4 Å². The maximum absolute atomic E-state index is 10.1. The van der Waals surface area contributed by atoms with E-state index in [9.17, 15) is 20.4 Å². The number of hydrogen-bond donors (Lipinski definition) is 4. The molecule has 1 heterocycles. The van der Waals surface area contributed by atoms with E-state index in [1.54, 1.807) is 6.07 Å². The first-order chi connectivity index (χ1) is 11.6. The fourth-order valence-electron chi connectivity index (χ4n) is 2.86. The summed E-state index contributed by atoms with van der Waals surface area (Å²) < 4.78 is 11.2. The molecule has 0 radical (unpaired) electrons. The van der Waals surface area contributed by atoms with Crippen molar-refractivity contribution in [2.45, 2.75) is 69.7 Å². The van der Waals surface area contributed by atoms with E-state index in [0.717, 1.165) is 24.8 Å². The van der Waals surface area contributed by atoms with Crippen molar-refractivity contribution in [3.8, 4) is 5.75 Å². The number of ether oxygens (including phenoxy) is 2. The average molecular weight is 340 g/mol. The molecule has 0 spiro atoms. The molecule has 0 aliphatic carbocycles. The van der Waals surface area contributed by atoms with Gasteiger partial charge in [0.1, 0.15) is 30.2 Å². The smallest absolute Gasteiger partial charge is 0.229 e. The van der Waals surface area contributed by atoms with Crippen LogP contribution in [0.25, 0.3) is 0 Å². The molecule has 1 aromatic rings. The summed E-state index contributed by atoms with van der Waals surface area (Å²) in [7, 11) is 0. The van der Waals surface area contributed by atoms with E-state index in [0.29, 0.717) is 5.75 Å². The van der Waals surface area contributed by atoms with E-state index in [1.165, 1.54) is 12.8 Å². The molecule has 0 saturated carbocycles. The highest BCUT2D eigenvalue weighted by molar-refractivity contribution is 5.33.